The Morgan fingerprint density at radius 3 is 2.31 bits per heavy atom. The molecule has 0 aliphatic carbocycles. The van der Waals surface area contributed by atoms with Crippen molar-refractivity contribution in [1.29, 1.82) is 0 Å². The summed E-state index contributed by atoms with van der Waals surface area (Å²) in [6, 6.07) is 0. The summed E-state index contributed by atoms with van der Waals surface area (Å²) in [5.74, 6) is 0. The van der Waals surface area contributed by atoms with Crippen LogP contribution in [0, 0.1) is 0 Å². The minimum Gasteiger partial charge on any atom is -0.726 e. The molecule has 0 aromatic rings. The predicted octanol–water partition coefficient (Wildman–Crippen LogP) is 0.402. The van der Waals surface area contributed by atoms with Crippen LogP contribution in [0.2, 0.25) is 0 Å². The summed E-state index contributed by atoms with van der Waals surface area (Å²) in [7, 11) is -4.92. The number of allylic oxidation sites excluding steroid dienone is 2. The summed E-state index contributed by atoms with van der Waals surface area (Å²) in [5.41, 5.74) is 1.40. The maximum absolute atomic E-state index is 8.63. The molecule has 1 rings (SSSR count). The van der Waals surface area contributed by atoms with Crippen molar-refractivity contribution < 1.29 is 22.1 Å². The molecule has 0 radical (unpaired) electrons. The van der Waals surface area contributed by atoms with Gasteiger partial charge >= 0.3 is 0 Å². The molecule has 76 valence electrons. The molecule has 0 saturated carbocycles. The fourth-order valence-electron chi connectivity index (χ4n) is 0.990. The minimum atomic E-state index is -4.92. The van der Waals surface area contributed by atoms with Gasteiger partial charge in [-0.1, -0.05) is 0 Å². The van der Waals surface area contributed by atoms with Crippen molar-refractivity contribution in [1.82, 2.24) is 0 Å². The fourth-order valence-corrected chi connectivity index (χ4v) is 0.990. The van der Waals surface area contributed by atoms with Crippen molar-refractivity contribution in [2.45, 2.75) is 20.3 Å². The van der Waals surface area contributed by atoms with Gasteiger partial charge in [0.15, 0.2) is 5.70 Å². The van der Waals surface area contributed by atoms with E-state index in [1.165, 1.54) is 5.70 Å². The van der Waals surface area contributed by atoms with E-state index in [0.717, 1.165) is 13.0 Å². The molecule has 1 heterocycles. The third-order valence-electron chi connectivity index (χ3n) is 1.53. The Morgan fingerprint density at radius 1 is 1.69 bits per heavy atom. The molecule has 1 aliphatic rings. The lowest BCUT2D eigenvalue weighted by Crippen LogP contribution is -2.04. The minimum absolute atomic E-state index is 1.11. The Hall–Kier alpha value is -0.720. The smallest absolute Gasteiger partial charge is 0.215 e. The lowest BCUT2D eigenvalue weighted by molar-refractivity contribution is -0.464. The third-order valence-corrected chi connectivity index (χ3v) is 1.53. The maximum atomic E-state index is 8.63. The Kier molecular flexibility index (Phi) is 4.82. The van der Waals surface area contributed by atoms with Gasteiger partial charge in [0, 0.05) is 13.3 Å². The average molecular weight is 207 g/mol. The van der Waals surface area contributed by atoms with Crippen LogP contribution in [0.15, 0.2) is 11.8 Å². The molecule has 0 aromatic carbocycles. The quantitative estimate of drug-likeness (QED) is 0.383. The number of nitrogens with zero attached hydrogens (tertiary/aromatic N) is 1. The zero-order valence-electron chi connectivity index (χ0n) is 7.60. The maximum Gasteiger partial charge on any atom is 0.215 e. The summed E-state index contributed by atoms with van der Waals surface area (Å²) in [6.45, 7) is 5.43. The van der Waals surface area contributed by atoms with E-state index in [-0.39, 0.29) is 0 Å². The van der Waals surface area contributed by atoms with Crippen molar-refractivity contribution in [3.05, 3.63) is 11.8 Å². The summed E-state index contributed by atoms with van der Waals surface area (Å²) in [6.07, 6.45) is 5.58. The van der Waals surface area contributed by atoms with Crippen LogP contribution in [0.25, 0.3) is 0 Å². The summed E-state index contributed by atoms with van der Waals surface area (Å²) >= 11 is 0. The first-order valence-corrected chi connectivity index (χ1v) is 5.16. The van der Waals surface area contributed by atoms with Crippen molar-refractivity contribution in [3.8, 4) is 0 Å². The first-order chi connectivity index (χ1) is 5.84. The SMILES string of the molecule is CC[N+]1=CCC=C1C.O=S(=O)([O-])O. The van der Waals surface area contributed by atoms with E-state index in [1.807, 2.05) is 0 Å². The average Bonchev–Trinajstić information content (AvgIpc) is 2.31. The van der Waals surface area contributed by atoms with Gasteiger partial charge in [-0.25, -0.2) is 13.0 Å². The van der Waals surface area contributed by atoms with Gasteiger partial charge in [-0.05, 0) is 13.0 Å². The lowest BCUT2D eigenvalue weighted by atomic mass is 10.4. The van der Waals surface area contributed by atoms with E-state index in [2.05, 4.69) is 30.7 Å². The van der Waals surface area contributed by atoms with E-state index < -0.39 is 10.4 Å². The van der Waals surface area contributed by atoms with Gasteiger partial charge < -0.3 is 4.55 Å². The van der Waals surface area contributed by atoms with Crippen LogP contribution in [0.1, 0.15) is 20.3 Å². The van der Waals surface area contributed by atoms with E-state index in [9.17, 15) is 0 Å². The lowest BCUT2D eigenvalue weighted by Gasteiger charge is -1.89. The summed E-state index contributed by atoms with van der Waals surface area (Å²) in [4.78, 5) is 0. The highest BCUT2D eigenvalue weighted by Gasteiger charge is 2.08. The molecular formula is C7H13NO4S. The van der Waals surface area contributed by atoms with Gasteiger partial charge in [0.25, 0.3) is 0 Å². The van der Waals surface area contributed by atoms with Crippen molar-refractivity contribution in [2.75, 3.05) is 6.54 Å². The highest BCUT2D eigenvalue weighted by Crippen LogP contribution is 2.02. The van der Waals surface area contributed by atoms with Gasteiger partial charge in [0.2, 0.25) is 10.4 Å². The molecule has 5 nitrogen and oxygen atoms in total. The van der Waals surface area contributed by atoms with Crippen LogP contribution in [0.3, 0.4) is 0 Å². The highest BCUT2D eigenvalue weighted by atomic mass is 32.3. The molecule has 0 atom stereocenters. The zero-order valence-corrected chi connectivity index (χ0v) is 8.41. The Balaban J connectivity index is 0.000000252. The largest absolute Gasteiger partial charge is 0.726 e. The van der Waals surface area contributed by atoms with Crippen molar-refractivity contribution in [2.24, 2.45) is 0 Å². The van der Waals surface area contributed by atoms with E-state index in [1.54, 1.807) is 0 Å². The predicted molar refractivity (Wildman–Crippen MR) is 47.6 cm³/mol. The van der Waals surface area contributed by atoms with Gasteiger partial charge in [-0.3, -0.25) is 4.55 Å². The summed E-state index contributed by atoms with van der Waals surface area (Å²) < 4.78 is 35.1. The second-order valence-corrected chi connectivity index (χ2v) is 3.33. The topological polar surface area (TPSA) is 80.4 Å². The van der Waals surface area contributed by atoms with E-state index >= 15 is 0 Å². The molecule has 6 heteroatoms. The van der Waals surface area contributed by atoms with Gasteiger partial charge in [-0.15, -0.1) is 0 Å². The summed E-state index contributed by atoms with van der Waals surface area (Å²) in [5, 5.41) is 0. The van der Waals surface area contributed by atoms with Crippen molar-refractivity contribution in [3.63, 3.8) is 0 Å². The molecule has 0 aromatic heterocycles. The second-order valence-electron chi connectivity index (χ2n) is 2.48. The highest BCUT2D eigenvalue weighted by molar-refractivity contribution is 7.79. The number of hydrogen-bond donors (Lipinski definition) is 1. The third kappa shape index (κ3) is 7.63. The molecule has 1 aliphatic heterocycles. The van der Waals surface area contributed by atoms with E-state index in [4.69, 9.17) is 17.5 Å². The number of rotatable bonds is 1. The van der Waals surface area contributed by atoms with Crippen LogP contribution in [0.4, 0.5) is 0 Å². The molecule has 0 amide bonds. The molecule has 13 heavy (non-hydrogen) atoms. The van der Waals surface area contributed by atoms with Crippen LogP contribution >= 0.6 is 0 Å². The zero-order chi connectivity index (χ0) is 10.5. The first-order valence-electron chi connectivity index (χ1n) is 3.79. The van der Waals surface area contributed by atoms with Crippen LogP contribution in [-0.2, 0) is 10.4 Å². The van der Waals surface area contributed by atoms with E-state index in [0.29, 0.717) is 0 Å². The standard InChI is InChI=1S/C7H12N.H2O4S/c1-3-8-6-4-5-7(8)2;1-5(2,3)4/h5-6H,3-4H2,1-2H3;(H2,1,2,3,4)/q+1;/p-1. The molecule has 0 bridgehead atoms. The van der Waals surface area contributed by atoms with Crippen LogP contribution < -0.4 is 0 Å². The number of hydrogen-bond acceptors (Lipinski definition) is 3. The monoisotopic (exact) mass is 207 g/mol. The first kappa shape index (κ1) is 12.3. The fraction of sp³-hybridized carbons (Fsp3) is 0.571. The molecular weight excluding hydrogens is 194 g/mol. The Morgan fingerprint density at radius 2 is 2.15 bits per heavy atom. The van der Waals surface area contributed by atoms with Gasteiger partial charge in [-0.2, -0.15) is 0 Å². The van der Waals surface area contributed by atoms with Gasteiger partial charge in [0.05, 0.1) is 0 Å². The van der Waals surface area contributed by atoms with Gasteiger partial charge in [0.1, 0.15) is 12.8 Å². The Labute approximate surface area is 78.0 Å². The molecule has 0 fully saturated rings. The molecule has 1 N–H and O–H groups in total. The van der Waals surface area contributed by atoms with Crippen LogP contribution in [0.5, 0.6) is 0 Å². The van der Waals surface area contributed by atoms with Crippen molar-refractivity contribution >= 4 is 16.6 Å². The molecule has 0 saturated heterocycles. The second kappa shape index (κ2) is 5.11. The molecule has 0 spiro atoms. The molecule has 0 unspecified atom stereocenters. The van der Waals surface area contributed by atoms with Crippen LogP contribution in [-0.4, -0.2) is 34.9 Å². The normalized spacial score (nSPS) is 15.7. The Bertz CT molecular complexity index is 307.